The summed E-state index contributed by atoms with van der Waals surface area (Å²) in [6, 6.07) is 16.0. The van der Waals surface area contributed by atoms with Crippen LogP contribution in [0.4, 0.5) is 5.69 Å². The molecule has 0 saturated carbocycles. The maximum absolute atomic E-state index is 12.5. The van der Waals surface area contributed by atoms with Crippen molar-refractivity contribution in [3.8, 4) is 0 Å². The number of hydrogen-bond acceptors (Lipinski definition) is 3. The van der Waals surface area contributed by atoms with Gasteiger partial charge < -0.3 is 5.32 Å². The van der Waals surface area contributed by atoms with Crippen molar-refractivity contribution in [3.05, 3.63) is 59.0 Å². The van der Waals surface area contributed by atoms with Crippen LogP contribution in [-0.4, -0.2) is 12.2 Å². The summed E-state index contributed by atoms with van der Waals surface area (Å²) in [7, 11) is 0. The molecule has 1 N–H and O–H groups in total. The molecule has 0 aliphatic carbocycles. The van der Waals surface area contributed by atoms with Crippen molar-refractivity contribution in [3.63, 3.8) is 0 Å². The molecular weight excluding hydrogens is 298 g/mol. The number of anilines is 1. The van der Waals surface area contributed by atoms with Gasteiger partial charge in [0.1, 0.15) is 0 Å². The standard InChI is InChI=1S/C17H15NOS2/c1-11-14-8-3-4-9-15(14)21-16(11)17(19)18-12-6-5-7-13(10-12)20-2/h3-10H,1-2H3,(H,18,19). The van der Waals surface area contributed by atoms with Crippen molar-refractivity contribution in [2.24, 2.45) is 0 Å². The Kier molecular flexibility index (Phi) is 3.99. The summed E-state index contributed by atoms with van der Waals surface area (Å²) < 4.78 is 1.15. The molecule has 1 aromatic heterocycles. The smallest absolute Gasteiger partial charge is 0.266 e. The number of aryl methyl sites for hydroxylation is 1. The average molecular weight is 313 g/mol. The molecule has 2 aromatic carbocycles. The second-order valence-electron chi connectivity index (χ2n) is 4.74. The lowest BCUT2D eigenvalue weighted by Gasteiger charge is -2.06. The summed E-state index contributed by atoms with van der Waals surface area (Å²) in [4.78, 5) is 14.4. The summed E-state index contributed by atoms with van der Waals surface area (Å²) in [6.07, 6.45) is 2.02. The van der Waals surface area contributed by atoms with Crippen LogP contribution in [0.3, 0.4) is 0 Å². The summed E-state index contributed by atoms with van der Waals surface area (Å²) in [5.74, 6) is -0.0352. The number of carbonyl (C=O) groups excluding carboxylic acids is 1. The maximum Gasteiger partial charge on any atom is 0.266 e. The molecule has 0 unspecified atom stereocenters. The highest BCUT2D eigenvalue weighted by Gasteiger charge is 2.15. The van der Waals surface area contributed by atoms with Gasteiger partial charge in [0.2, 0.25) is 0 Å². The molecule has 2 nitrogen and oxygen atoms in total. The largest absolute Gasteiger partial charge is 0.321 e. The van der Waals surface area contributed by atoms with E-state index in [1.165, 1.54) is 0 Å². The normalized spacial score (nSPS) is 10.8. The Bertz CT molecular complexity index is 807. The number of amides is 1. The number of thioether (sulfide) groups is 1. The van der Waals surface area contributed by atoms with Crippen LogP contribution in [-0.2, 0) is 0 Å². The molecule has 0 bridgehead atoms. The number of carbonyl (C=O) groups is 1. The van der Waals surface area contributed by atoms with E-state index in [-0.39, 0.29) is 5.91 Å². The lowest BCUT2D eigenvalue weighted by molar-refractivity contribution is 0.103. The van der Waals surface area contributed by atoms with E-state index in [2.05, 4.69) is 17.4 Å². The molecular formula is C17H15NOS2. The van der Waals surface area contributed by atoms with Crippen LogP contribution < -0.4 is 5.32 Å². The molecule has 0 atom stereocenters. The molecule has 0 saturated heterocycles. The Morgan fingerprint density at radius 3 is 2.71 bits per heavy atom. The van der Waals surface area contributed by atoms with Gasteiger partial charge in [0.05, 0.1) is 4.88 Å². The number of benzene rings is 2. The Morgan fingerprint density at radius 1 is 1.14 bits per heavy atom. The van der Waals surface area contributed by atoms with E-state index in [4.69, 9.17) is 0 Å². The van der Waals surface area contributed by atoms with Gasteiger partial charge in [-0.1, -0.05) is 24.3 Å². The van der Waals surface area contributed by atoms with Crippen molar-refractivity contribution in [1.29, 1.82) is 0 Å². The van der Waals surface area contributed by atoms with Crippen LogP contribution in [0, 0.1) is 6.92 Å². The Labute approximate surface area is 132 Å². The zero-order chi connectivity index (χ0) is 14.8. The van der Waals surface area contributed by atoms with Crippen LogP contribution >= 0.6 is 23.1 Å². The van der Waals surface area contributed by atoms with E-state index >= 15 is 0 Å². The minimum Gasteiger partial charge on any atom is -0.321 e. The van der Waals surface area contributed by atoms with Gasteiger partial charge in [-0.2, -0.15) is 0 Å². The molecule has 3 aromatic rings. The van der Waals surface area contributed by atoms with Crippen molar-refractivity contribution >= 4 is 44.8 Å². The van der Waals surface area contributed by atoms with Gasteiger partial charge in [0.25, 0.3) is 5.91 Å². The molecule has 21 heavy (non-hydrogen) atoms. The van der Waals surface area contributed by atoms with Crippen LogP contribution in [0.25, 0.3) is 10.1 Å². The monoisotopic (exact) mass is 313 g/mol. The second-order valence-corrected chi connectivity index (χ2v) is 6.67. The second kappa shape index (κ2) is 5.92. The van der Waals surface area contributed by atoms with Crippen LogP contribution in [0.5, 0.6) is 0 Å². The first-order chi connectivity index (χ1) is 10.2. The topological polar surface area (TPSA) is 29.1 Å². The quantitative estimate of drug-likeness (QED) is 0.675. The van der Waals surface area contributed by atoms with E-state index in [9.17, 15) is 4.79 Å². The van der Waals surface area contributed by atoms with Crippen molar-refractivity contribution in [1.82, 2.24) is 0 Å². The van der Waals surface area contributed by atoms with Crippen molar-refractivity contribution in [2.45, 2.75) is 11.8 Å². The van der Waals surface area contributed by atoms with Gasteiger partial charge in [0.15, 0.2) is 0 Å². The van der Waals surface area contributed by atoms with Gasteiger partial charge in [-0.3, -0.25) is 4.79 Å². The fourth-order valence-electron chi connectivity index (χ4n) is 2.28. The minimum atomic E-state index is -0.0352. The fourth-order valence-corrected chi connectivity index (χ4v) is 3.84. The van der Waals surface area contributed by atoms with Crippen molar-refractivity contribution in [2.75, 3.05) is 11.6 Å². The number of hydrogen-bond donors (Lipinski definition) is 1. The molecule has 4 heteroatoms. The molecule has 106 valence electrons. The van der Waals surface area contributed by atoms with E-state index in [0.717, 1.165) is 31.1 Å². The van der Waals surface area contributed by atoms with E-state index in [0.29, 0.717) is 0 Å². The first kappa shape index (κ1) is 14.2. The van der Waals surface area contributed by atoms with Crippen LogP contribution in [0.2, 0.25) is 0 Å². The lowest BCUT2D eigenvalue weighted by atomic mass is 10.1. The molecule has 0 spiro atoms. The molecule has 0 aliphatic rings. The summed E-state index contributed by atoms with van der Waals surface area (Å²) in [6.45, 7) is 2.01. The maximum atomic E-state index is 12.5. The average Bonchev–Trinajstić information content (AvgIpc) is 2.85. The lowest BCUT2D eigenvalue weighted by Crippen LogP contribution is -2.11. The number of fused-ring (bicyclic) bond motifs is 1. The molecule has 0 aliphatic heterocycles. The molecule has 0 fully saturated rings. The van der Waals surface area contributed by atoms with Gasteiger partial charge in [0, 0.05) is 15.3 Å². The predicted molar refractivity (Wildman–Crippen MR) is 92.7 cm³/mol. The molecule has 3 rings (SSSR count). The fraction of sp³-hybridized carbons (Fsp3) is 0.118. The number of nitrogens with one attached hydrogen (secondary N) is 1. The van der Waals surface area contributed by atoms with Gasteiger partial charge in [-0.05, 0) is 48.4 Å². The summed E-state index contributed by atoms with van der Waals surface area (Å²) >= 11 is 3.21. The van der Waals surface area contributed by atoms with Crippen molar-refractivity contribution < 1.29 is 4.79 Å². The Morgan fingerprint density at radius 2 is 1.95 bits per heavy atom. The summed E-state index contributed by atoms with van der Waals surface area (Å²) in [5.41, 5.74) is 1.89. The van der Waals surface area contributed by atoms with Crippen LogP contribution in [0.15, 0.2) is 53.4 Å². The SMILES string of the molecule is CSc1cccc(NC(=O)c2sc3ccccc3c2C)c1. The first-order valence-corrected chi connectivity index (χ1v) is 8.66. The van der Waals surface area contributed by atoms with E-state index in [1.807, 2.05) is 49.6 Å². The highest BCUT2D eigenvalue weighted by Crippen LogP contribution is 2.31. The Balaban J connectivity index is 1.91. The van der Waals surface area contributed by atoms with Crippen LogP contribution in [0.1, 0.15) is 15.2 Å². The molecule has 1 heterocycles. The highest BCUT2D eigenvalue weighted by atomic mass is 32.2. The number of thiophene rings is 1. The highest BCUT2D eigenvalue weighted by molar-refractivity contribution is 7.98. The Hall–Kier alpha value is -1.78. The first-order valence-electron chi connectivity index (χ1n) is 6.62. The van der Waals surface area contributed by atoms with E-state index in [1.54, 1.807) is 23.1 Å². The summed E-state index contributed by atoms with van der Waals surface area (Å²) in [5, 5.41) is 4.15. The van der Waals surface area contributed by atoms with E-state index < -0.39 is 0 Å². The predicted octanol–water partition coefficient (Wildman–Crippen LogP) is 5.18. The number of rotatable bonds is 3. The third-order valence-electron chi connectivity index (χ3n) is 3.38. The van der Waals surface area contributed by atoms with Gasteiger partial charge in [-0.15, -0.1) is 23.1 Å². The third kappa shape index (κ3) is 2.82. The van der Waals surface area contributed by atoms with Gasteiger partial charge in [-0.25, -0.2) is 0 Å². The molecule has 1 amide bonds. The van der Waals surface area contributed by atoms with Gasteiger partial charge >= 0.3 is 0 Å². The molecule has 0 radical (unpaired) electrons. The minimum absolute atomic E-state index is 0.0352. The third-order valence-corrected chi connectivity index (χ3v) is 5.37. The zero-order valence-corrected chi connectivity index (χ0v) is 13.5. The zero-order valence-electron chi connectivity index (χ0n) is 11.8.